The molecular weight excluding hydrogens is 418 g/mol. The molecule has 0 bridgehead atoms. The third kappa shape index (κ3) is 4.46. The van der Waals surface area contributed by atoms with Crippen LogP contribution >= 0.6 is 46.8 Å². The number of carbonyl (C=O) groups is 1. The number of esters is 1. The van der Waals surface area contributed by atoms with Crippen LogP contribution in [0.5, 0.6) is 0 Å². The fraction of sp³-hybridized carbons (Fsp3) is 0.294. The number of benzene rings is 1. The molecule has 1 atom stereocenters. The second-order valence-corrected chi connectivity index (χ2v) is 8.37. The maximum Gasteiger partial charge on any atom is 0.340 e. The topological polar surface area (TPSA) is 50.4 Å². The van der Waals surface area contributed by atoms with Crippen molar-refractivity contribution in [1.29, 1.82) is 0 Å². The summed E-state index contributed by atoms with van der Waals surface area (Å²) in [5, 5.41) is 6.58. The summed E-state index contributed by atoms with van der Waals surface area (Å²) in [6.07, 6.45) is 1.47. The molecule has 0 amide bonds. The molecule has 4 nitrogen and oxygen atoms in total. The van der Waals surface area contributed by atoms with E-state index in [4.69, 9.17) is 40.2 Å². The van der Waals surface area contributed by atoms with Gasteiger partial charge >= 0.3 is 5.97 Å². The number of fused-ring (bicyclic) bond motifs is 1. The SMILES string of the molecule is O=C(OCCNC(=S)NC1CCc2c(F)cccc21)c1cc(Cl)sc1Cl. The Morgan fingerprint density at radius 3 is 2.96 bits per heavy atom. The Bertz CT molecular complexity index is 844. The fourth-order valence-electron chi connectivity index (χ4n) is 2.83. The van der Waals surface area contributed by atoms with E-state index in [9.17, 15) is 9.18 Å². The molecule has 1 aromatic carbocycles. The van der Waals surface area contributed by atoms with Gasteiger partial charge in [0, 0.05) is 0 Å². The van der Waals surface area contributed by atoms with E-state index in [-0.39, 0.29) is 24.0 Å². The maximum absolute atomic E-state index is 13.8. The highest BCUT2D eigenvalue weighted by Gasteiger charge is 2.25. The fourth-order valence-corrected chi connectivity index (χ4v) is 4.52. The van der Waals surface area contributed by atoms with Gasteiger partial charge in [-0.3, -0.25) is 0 Å². The van der Waals surface area contributed by atoms with Gasteiger partial charge in [0.25, 0.3) is 0 Å². The van der Waals surface area contributed by atoms with Crippen LogP contribution < -0.4 is 10.6 Å². The number of hydrogen-bond donors (Lipinski definition) is 2. The van der Waals surface area contributed by atoms with Gasteiger partial charge in [-0.05, 0) is 48.3 Å². The molecule has 26 heavy (non-hydrogen) atoms. The molecule has 2 aromatic rings. The average molecular weight is 433 g/mol. The van der Waals surface area contributed by atoms with Crippen molar-refractivity contribution in [3.8, 4) is 0 Å². The lowest BCUT2D eigenvalue weighted by Gasteiger charge is -2.17. The molecule has 0 saturated carbocycles. The highest BCUT2D eigenvalue weighted by molar-refractivity contribution is 7.80. The molecule has 0 radical (unpaired) electrons. The molecule has 0 saturated heterocycles. The molecule has 1 aromatic heterocycles. The Morgan fingerprint density at radius 1 is 1.42 bits per heavy atom. The maximum atomic E-state index is 13.8. The first-order valence-corrected chi connectivity index (χ1v) is 9.87. The minimum Gasteiger partial charge on any atom is -0.460 e. The van der Waals surface area contributed by atoms with Crippen LogP contribution in [-0.4, -0.2) is 24.2 Å². The molecule has 0 fully saturated rings. The van der Waals surface area contributed by atoms with Crippen molar-refractivity contribution in [2.24, 2.45) is 0 Å². The summed E-state index contributed by atoms with van der Waals surface area (Å²) in [5.41, 5.74) is 1.93. The Hall–Kier alpha value is -1.41. The van der Waals surface area contributed by atoms with Gasteiger partial charge in [-0.1, -0.05) is 35.3 Å². The monoisotopic (exact) mass is 432 g/mol. The van der Waals surface area contributed by atoms with Gasteiger partial charge in [0.2, 0.25) is 0 Å². The Kier molecular flexibility index (Phi) is 6.34. The van der Waals surface area contributed by atoms with Crippen LogP contribution in [0.4, 0.5) is 4.39 Å². The predicted octanol–water partition coefficient (Wildman–Crippen LogP) is 4.50. The Labute approximate surface area is 169 Å². The number of ether oxygens (including phenoxy) is 1. The minimum atomic E-state index is -0.529. The van der Waals surface area contributed by atoms with Crippen LogP contribution in [0.2, 0.25) is 8.67 Å². The number of rotatable bonds is 5. The van der Waals surface area contributed by atoms with E-state index in [0.717, 1.165) is 28.9 Å². The van der Waals surface area contributed by atoms with Crippen LogP contribution in [0.1, 0.15) is 33.9 Å². The lowest BCUT2D eigenvalue weighted by molar-refractivity contribution is 0.0513. The van der Waals surface area contributed by atoms with Crippen molar-refractivity contribution < 1.29 is 13.9 Å². The smallest absolute Gasteiger partial charge is 0.340 e. The summed E-state index contributed by atoms with van der Waals surface area (Å²) < 4.78 is 19.6. The predicted molar refractivity (Wildman–Crippen MR) is 106 cm³/mol. The first-order valence-electron chi connectivity index (χ1n) is 7.89. The molecule has 1 heterocycles. The van der Waals surface area contributed by atoms with Crippen molar-refractivity contribution in [3.63, 3.8) is 0 Å². The van der Waals surface area contributed by atoms with Gasteiger partial charge in [-0.2, -0.15) is 0 Å². The van der Waals surface area contributed by atoms with E-state index in [1.807, 2.05) is 6.07 Å². The highest BCUT2D eigenvalue weighted by atomic mass is 35.5. The van der Waals surface area contributed by atoms with E-state index in [1.165, 1.54) is 12.1 Å². The van der Waals surface area contributed by atoms with Gasteiger partial charge in [-0.15, -0.1) is 11.3 Å². The molecular formula is C17H15Cl2FN2O2S2. The quantitative estimate of drug-likeness (QED) is 0.413. The normalized spacial score (nSPS) is 15.4. The number of nitrogens with one attached hydrogen (secondary N) is 2. The van der Waals surface area contributed by atoms with Gasteiger partial charge in [-0.25, -0.2) is 9.18 Å². The largest absolute Gasteiger partial charge is 0.460 e. The Balaban J connectivity index is 1.42. The van der Waals surface area contributed by atoms with Gasteiger partial charge < -0.3 is 15.4 Å². The molecule has 9 heteroatoms. The van der Waals surface area contributed by atoms with Crippen LogP contribution in [0.25, 0.3) is 0 Å². The second-order valence-electron chi connectivity index (χ2n) is 5.67. The molecule has 0 spiro atoms. The summed E-state index contributed by atoms with van der Waals surface area (Å²) in [6, 6.07) is 6.54. The lowest BCUT2D eigenvalue weighted by Crippen LogP contribution is -2.38. The molecule has 2 N–H and O–H groups in total. The summed E-state index contributed by atoms with van der Waals surface area (Å²) in [5.74, 6) is -0.705. The molecule has 1 aliphatic rings. The summed E-state index contributed by atoms with van der Waals surface area (Å²) in [7, 11) is 0. The molecule has 1 aliphatic carbocycles. The Morgan fingerprint density at radius 2 is 2.23 bits per heavy atom. The van der Waals surface area contributed by atoms with E-state index >= 15 is 0 Å². The lowest BCUT2D eigenvalue weighted by atomic mass is 10.1. The van der Waals surface area contributed by atoms with Crippen LogP contribution in [-0.2, 0) is 11.2 Å². The molecule has 138 valence electrons. The first kappa shape index (κ1) is 19.4. The van der Waals surface area contributed by atoms with Crippen molar-refractivity contribution in [1.82, 2.24) is 10.6 Å². The van der Waals surface area contributed by atoms with Crippen LogP contribution in [0, 0.1) is 5.82 Å². The van der Waals surface area contributed by atoms with Crippen molar-refractivity contribution >= 4 is 57.8 Å². The summed E-state index contributed by atoms with van der Waals surface area (Å²) >= 11 is 18.1. The first-order chi connectivity index (χ1) is 12.5. The van der Waals surface area contributed by atoms with E-state index in [1.54, 1.807) is 6.07 Å². The number of halogens is 3. The zero-order valence-corrected chi connectivity index (χ0v) is 16.6. The third-order valence-corrected chi connectivity index (χ3v) is 5.77. The van der Waals surface area contributed by atoms with Gasteiger partial charge in [0.05, 0.1) is 22.5 Å². The van der Waals surface area contributed by atoms with Crippen molar-refractivity contribution in [2.45, 2.75) is 18.9 Å². The van der Waals surface area contributed by atoms with Crippen LogP contribution in [0.3, 0.4) is 0 Å². The average Bonchev–Trinajstić information content (AvgIpc) is 3.15. The van der Waals surface area contributed by atoms with Gasteiger partial charge in [0.1, 0.15) is 16.8 Å². The number of thiocarbonyl (C=S) groups is 1. The van der Waals surface area contributed by atoms with E-state index in [0.29, 0.717) is 26.8 Å². The van der Waals surface area contributed by atoms with Crippen molar-refractivity contribution in [3.05, 3.63) is 55.4 Å². The molecule has 1 unspecified atom stereocenters. The van der Waals surface area contributed by atoms with E-state index in [2.05, 4.69) is 10.6 Å². The zero-order chi connectivity index (χ0) is 18.7. The third-order valence-electron chi connectivity index (χ3n) is 4.02. The molecule has 0 aliphatic heterocycles. The second kappa shape index (κ2) is 8.52. The summed E-state index contributed by atoms with van der Waals surface area (Å²) in [6.45, 7) is 0.468. The van der Waals surface area contributed by atoms with Crippen LogP contribution in [0.15, 0.2) is 24.3 Å². The standard InChI is InChI=1S/C17H15Cl2FN2O2S2/c18-14-8-11(15(19)26-14)16(23)24-7-6-21-17(25)22-13-5-4-9-10(13)2-1-3-12(9)20/h1-3,8,13H,4-7H2,(H2,21,22,25). The minimum absolute atomic E-state index is 0.0185. The summed E-state index contributed by atoms with van der Waals surface area (Å²) in [4.78, 5) is 11.9. The van der Waals surface area contributed by atoms with Gasteiger partial charge in [0.15, 0.2) is 5.11 Å². The number of hydrogen-bond acceptors (Lipinski definition) is 4. The van der Waals surface area contributed by atoms with Crippen molar-refractivity contribution in [2.75, 3.05) is 13.2 Å². The van der Waals surface area contributed by atoms with E-state index < -0.39 is 5.97 Å². The number of carbonyl (C=O) groups excluding carboxylic acids is 1. The highest BCUT2D eigenvalue weighted by Crippen LogP contribution is 2.33. The zero-order valence-electron chi connectivity index (χ0n) is 13.5. The molecule has 3 rings (SSSR count). The number of thiophene rings is 1.